The third-order valence-electron chi connectivity index (χ3n) is 4.78. The van der Waals surface area contributed by atoms with E-state index in [1.165, 1.54) is 0 Å². The van der Waals surface area contributed by atoms with E-state index in [4.69, 9.17) is 4.74 Å². The molecule has 0 fully saturated rings. The molecule has 4 nitrogen and oxygen atoms in total. The number of H-pyrrole nitrogens is 1. The van der Waals surface area contributed by atoms with Crippen LogP contribution in [0.3, 0.4) is 0 Å². The van der Waals surface area contributed by atoms with Gasteiger partial charge in [0, 0.05) is 23.7 Å². The van der Waals surface area contributed by atoms with Crippen LogP contribution in [0.4, 0.5) is 0 Å². The average Bonchev–Trinajstić information content (AvgIpc) is 2.70. The predicted octanol–water partition coefficient (Wildman–Crippen LogP) is 4.71. The monoisotopic (exact) mass is 371 g/mol. The molecule has 0 aliphatic carbocycles. The molecule has 0 radical (unpaired) electrons. The summed E-state index contributed by atoms with van der Waals surface area (Å²) < 4.78 is 6.09. The molecular formula is C24H21NO3. The number of phenolic OH excluding ortho intramolecular Hbond substituents is 1. The Labute approximate surface area is 163 Å². The SMILES string of the molecule is Cc1cc2c(Cc3ccccc3)c(OCc3ccccc3)cc(O)c2c(=O)[nH]1. The molecule has 0 aliphatic rings. The average molecular weight is 371 g/mol. The molecule has 0 unspecified atom stereocenters. The fraction of sp³-hybridized carbons (Fsp3) is 0.125. The molecule has 4 aromatic rings. The number of nitrogens with one attached hydrogen (secondary N) is 1. The van der Waals surface area contributed by atoms with Crippen LogP contribution < -0.4 is 10.3 Å². The van der Waals surface area contributed by atoms with Gasteiger partial charge in [0.1, 0.15) is 18.1 Å². The van der Waals surface area contributed by atoms with E-state index in [1.54, 1.807) is 6.07 Å². The quantitative estimate of drug-likeness (QED) is 0.534. The number of phenols is 1. The van der Waals surface area contributed by atoms with Gasteiger partial charge in [0.25, 0.3) is 5.56 Å². The fourth-order valence-electron chi connectivity index (χ4n) is 3.44. The van der Waals surface area contributed by atoms with Crippen molar-refractivity contribution >= 4 is 10.8 Å². The van der Waals surface area contributed by atoms with Crippen LogP contribution in [0.5, 0.6) is 11.5 Å². The van der Waals surface area contributed by atoms with E-state index in [9.17, 15) is 9.90 Å². The first-order valence-electron chi connectivity index (χ1n) is 9.21. The highest BCUT2D eigenvalue weighted by Crippen LogP contribution is 2.35. The molecule has 4 rings (SSSR count). The Morgan fingerprint density at radius 1 is 0.929 bits per heavy atom. The number of aryl methyl sites for hydroxylation is 1. The van der Waals surface area contributed by atoms with Crippen molar-refractivity contribution in [3.05, 3.63) is 106 Å². The first-order chi connectivity index (χ1) is 13.6. The van der Waals surface area contributed by atoms with Crippen molar-refractivity contribution in [2.45, 2.75) is 20.0 Å². The van der Waals surface area contributed by atoms with Crippen molar-refractivity contribution in [1.29, 1.82) is 0 Å². The summed E-state index contributed by atoms with van der Waals surface area (Å²) in [6.07, 6.45) is 0.602. The number of fused-ring (bicyclic) bond motifs is 1. The molecule has 0 aliphatic heterocycles. The van der Waals surface area contributed by atoms with Gasteiger partial charge >= 0.3 is 0 Å². The topological polar surface area (TPSA) is 62.3 Å². The van der Waals surface area contributed by atoms with Gasteiger partial charge in [0.05, 0.1) is 5.39 Å². The minimum atomic E-state index is -0.295. The normalized spacial score (nSPS) is 10.9. The van der Waals surface area contributed by atoms with Crippen LogP contribution in [-0.2, 0) is 13.0 Å². The highest BCUT2D eigenvalue weighted by Gasteiger charge is 2.17. The summed E-state index contributed by atoms with van der Waals surface area (Å²) in [6.45, 7) is 2.22. The van der Waals surface area contributed by atoms with E-state index < -0.39 is 0 Å². The van der Waals surface area contributed by atoms with Crippen molar-refractivity contribution < 1.29 is 9.84 Å². The van der Waals surface area contributed by atoms with Gasteiger partial charge in [0.15, 0.2) is 0 Å². The Hall–Kier alpha value is -3.53. The predicted molar refractivity (Wildman–Crippen MR) is 111 cm³/mol. The summed E-state index contributed by atoms with van der Waals surface area (Å²) in [5.74, 6) is 0.513. The zero-order valence-corrected chi connectivity index (χ0v) is 15.6. The minimum absolute atomic E-state index is 0.0730. The van der Waals surface area contributed by atoms with Crippen molar-refractivity contribution in [3.8, 4) is 11.5 Å². The molecule has 1 heterocycles. The lowest BCUT2D eigenvalue weighted by Crippen LogP contribution is -2.10. The molecule has 0 bridgehead atoms. The zero-order valence-electron chi connectivity index (χ0n) is 15.6. The first-order valence-corrected chi connectivity index (χ1v) is 9.21. The lowest BCUT2D eigenvalue weighted by Gasteiger charge is -2.16. The van der Waals surface area contributed by atoms with Gasteiger partial charge < -0.3 is 14.8 Å². The maximum absolute atomic E-state index is 12.5. The van der Waals surface area contributed by atoms with E-state index in [-0.39, 0.29) is 11.3 Å². The summed E-state index contributed by atoms with van der Waals surface area (Å²) >= 11 is 0. The van der Waals surface area contributed by atoms with Gasteiger partial charge in [-0.25, -0.2) is 0 Å². The number of aromatic hydroxyl groups is 1. The van der Waals surface area contributed by atoms with Gasteiger partial charge in [-0.05, 0) is 29.5 Å². The molecule has 2 N–H and O–H groups in total. The van der Waals surface area contributed by atoms with Crippen LogP contribution >= 0.6 is 0 Å². The highest BCUT2D eigenvalue weighted by atomic mass is 16.5. The van der Waals surface area contributed by atoms with Crippen molar-refractivity contribution in [2.24, 2.45) is 0 Å². The Balaban J connectivity index is 1.85. The van der Waals surface area contributed by atoms with E-state index in [0.29, 0.717) is 29.5 Å². The second-order valence-corrected chi connectivity index (χ2v) is 6.88. The molecule has 4 heteroatoms. The van der Waals surface area contributed by atoms with Crippen LogP contribution in [0.15, 0.2) is 77.6 Å². The third kappa shape index (κ3) is 3.62. The smallest absolute Gasteiger partial charge is 0.259 e. The second kappa shape index (κ2) is 7.61. The van der Waals surface area contributed by atoms with Crippen LogP contribution in [0.25, 0.3) is 10.8 Å². The number of hydrogen-bond acceptors (Lipinski definition) is 3. The van der Waals surface area contributed by atoms with Gasteiger partial charge in [-0.15, -0.1) is 0 Å². The summed E-state index contributed by atoms with van der Waals surface area (Å²) in [5, 5.41) is 11.5. The number of aromatic amines is 1. The number of pyridine rings is 1. The van der Waals surface area contributed by atoms with E-state index in [2.05, 4.69) is 4.98 Å². The fourth-order valence-corrected chi connectivity index (χ4v) is 3.44. The van der Waals surface area contributed by atoms with Gasteiger partial charge in [-0.1, -0.05) is 60.7 Å². The van der Waals surface area contributed by atoms with Gasteiger partial charge in [-0.2, -0.15) is 0 Å². The van der Waals surface area contributed by atoms with Crippen LogP contribution in [0.2, 0.25) is 0 Å². The molecule has 3 aromatic carbocycles. The van der Waals surface area contributed by atoms with Crippen molar-refractivity contribution in [2.75, 3.05) is 0 Å². The Morgan fingerprint density at radius 2 is 1.57 bits per heavy atom. The minimum Gasteiger partial charge on any atom is -0.507 e. The maximum Gasteiger partial charge on any atom is 0.259 e. The Bertz CT molecular complexity index is 1170. The number of benzene rings is 3. The number of ether oxygens (including phenoxy) is 1. The number of hydrogen-bond donors (Lipinski definition) is 2. The van der Waals surface area contributed by atoms with Crippen molar-refractivity contribution in [3.63, 3.8) is 0 Å². The standard InChI is InChI=1S/C24H21NO3/c1-16-12-20-19(13-17-8-4-2-5-9-17)22(14-21(26)23(20)24(27)25-16)28-15-18-10-6-3-7-11-18/h2-12,14,26H,13,15H2,1H3,(H,25,27). The van der Waals surface area contributed by atoms with E-state index in [0.717, 1.165) is 22.4 Å². The summed E-state index contributed by atoms with van der Waals surface area (Å²) in [6, 6.07) is 23.3. The number of aromatic nitrogens is 1. The molecule has 0 amide bonds. The van der Waals surface area contributed by atoms with Crippen molar-refractivity contribution in [1.82, 2.24) is 4.98 Å². The molecule has 0 saturated heterocycles. The molecule has 28 heavy (non-hydrogen) atoms. The zero-order chi connectivity index (χ0) is 19.5. The first kappa shape index (κ1) is 17.9. The molecule has 1 aromatic heterocycles. The second-order valence-electron chi connectivity index (χ2n) is 6.88. The Kier molecular flexibility index (Phi) is 4.85. The summed E-state index contributed by atoms with van der Waals surface area (Å²) in [4.78, 5) is 15.2. The molecule has 140 valence electrons. The van der Waals surface area contributed by atoms with Gasteiger partial charge in [-0.3, -0.25) is 4.79 Å². The highest BCUT2D eigenvalue weighted by molar-refractivity contribution is 5.92. The van der Waals surface area contributed by atoms with Crippen LogP contribution in [0, 0.1) is 6.92 Å². The summed E-state index contributed by atoms with van der Waals surface area (Å²) in [7, 11) is 0. The lowest BCUT2D eigenvalue weighted by molar-refractivity contribution is 0.302. The molecule has 0 saturated carbocycles. The van der Waals surface area contributed by atoms with Crippen LogP contribution in [0.1, 0.15) is 22.4 Å². The third-order valence-corrected chi connectivity index (χ3v) is 4.78. The molecule has 0 spiro atoms. The van der Waals surface area contributed by atoms with E-state index in [1.807, 2.05) is 73.7 Å². The largest absolute Gasteiger partial charge is 0.507 e. The Morgan fingerprint density at radius 3 is 2.25 bits per heavy atom. The van der Waals surface area contributed by atoms with E-state index >= 15 is 0 Å². The summed E-state index contributed by atoms with van der Waals surface area (Å²) in [5.41, 5.74) is 3.48. The molecular weight excluding hydrogens is 350 g/mol. The molecule has 0 atom stereocenters. The number of rotatable bonds is 5. The van der Waals surface area contributed by atoms with Gasteiger partial charge in [0.2, 0.25) is 0 Å². The lowest BCUT2D eigenvalue weighted by atomic mass is 9.97. The van der Waals surface area contributed by atoms with Crippen LogP contribution in [-0.4, -0.2) is 10.1 Å². The maximum atomic E-state index is 12.5.